The lowest BCUT2D eigenvalue weighted by Gasteiger charge is -2.11. The van der Waals surface area contributed by atoms with E-state index in [0.717, 1.165) is 15.7 Å². The van der Waals surface area contributed by atoms with Gasteiger partial charge in [-0.15, -0.1) is 0 Å². The number of halogens is 3. The molecule has 0 spiro atoms. The van der Waals surface area contributed by atoms with Crippen molar-refractivity contribution in [3.63, 3.8) is 0 Å². The third kappa shape index (κ3) is 3.12. The molecule has 4 heteroatoms. The molecule has 0 heterocycles. The van der Waals surface area contributed by atoms with Crippen LogP contribution in [0.3, 0.4) is 0 Å². The summed E-state index contributed by atoms with van der Waals surface area (Å²) >= 11 is 6.68. The van der Waals surface area contributed by atoms with Crippen LogP contribution in [-0.4, -0.2) is 0 Å². The lowest BCUT2D eigenvalue weighted by Crippen LogP contribution is -2.01. The molecule has 0 aromatic heterocycles. The van der Waals surface area contributed by atoms with Crippen LogP contribution < -0.4 is 5.32 Å². The minimum Gasteiger partial charge on any atom is -0.381 e. The van der Waals surface area contributed by atoms with Crippen molar-refractivity contribution in [1.82, 2.24) is 0 Å². The van der Waals surface area contributed by atoms with Gasteiger partial charge in [0.15, 0.2) is 0 Å². The van der Waals surface area contributed by atoms with Crippen molar-refractivity contribution >= 4 is 37.5 Å². The Kier molecular flexibility index (Phi) is 4.40. The molecule has 0 radical (unpaired) electrons. The SMILES string of the molecule is Cc1c(Br)cccc1NCc1ccc(F)c(Br)c1. The molecule has 0 amide bonds. The predicted molar refractivity (Wildman–Crippen MR) is 80.3 cm³/mol. The monoisotopic (exact) mass is 371 g/mol. The number of benzene rings is 2. The standard InChI is InChI=1S/C14H12Br2FN/c1-9-11(15)3-2-4-14(9)18-8-10-5-6-13(17)12(16)7-10/h2-7,18H,8H2,1H3. The third-order valence-corrected chi connectivity index (χ3v) is 4.20. The minimum absolute atomic E-state index is 0.239. The summed E-state index contributed by atoms with van der Waals surface area (Å²) in [5, 5.41) is 3.34. The zero-order valence-electron chi connectivity index (χ0n) is 9.81. The van der Waals surface area contributed by atoms with Gasteiger partial charge in [0.1, 0.15) is 5.82 Å². The highest BCUT2D eigenvalue weighted by atomic mass is 79.9. The van der Waals surface area contributed by atoms with E-state index >= 15 is 0 Å². The fraction of sp³-hybridized carbons (Fsp3) is 0.143. The fourth-order valence-corrected chi connectivity index (χ4v) is 2.44. The number of nitrogens with one attached hydrogen (secondary N) is 1. The maximum Gasteiger partial charge on any atom is 0.137 e. The maximum atomic E-state index is 13.1. The average molecular weight is 373 g/mol. The number of anilines is 1. The van der Waals surface area contributed by atoms with Crippen LogP contribution >= 0.6 is 31.9 Å². The Hall–Kier alpha value is -0.870. The first-order valence-electron chi connectivity index (χ1n) is 5.51. The predicted octanol–water partition coefficient (Wildman–Crippen LogP) is 5.27. The zero-order chi connectivity index (χ0) is 13.1. The first-order valence-corrected chi connectivity index (χ1v) is 7.09. The molecule has 2 rings (SSSR count). The van der Waals surface area contributed by atoms with Gasteiger partial charge in [0.05, 0.1) is 4.47 Å². The minimum atomic E-state index is -0.239. The second-order valence-corrected chi connectivity index (χ2v) is 5.72. The number of hydrogen-bond donors (Lipinski definition) is 1. The summed E-state index contributed by atoms with van der Waals surface area (Å²) in [6.07, 6.45) is 0. The van der Waals surface area contributed by atoms with Gasteiger partial charge >= 0.3 is 0 Å². The van der Waals surface area contributed by atoms with E-state index in [0.29, 0.717) is 11.0 Å². The second kappa shape index (κ2) is 5.85. The molecular weight excluding hydrogens is 361 g/mol. The van der Waals surface area contributed by atoms with Gasteiger partial charge in [-0.3, -0.25) is 0 Å². The van der Waals surface area contributed by atoms with Crippen molar-refractivity contribution in [1.29, 1.82) is 0 Å². The van der Waals surface area contributed by atoms with Gasteiger partial charge in [0.2, 0.25) is 0 Å². The lowest BCUT2D eigenvalue weighted by atomic mass is 10.2. The Labute approximate surface area is 123 Å². The normalized spacial score (nSPS) is 10.4. The Balaban J connectivity index is 2.11. The van der Waals surface area contributed by atoms with Crippen LogP contribution in [0.1, 0.15) is 11.1 Å². The molecule has 2 aromatic rings. The summed E-state index contributed by atoms with van der Waals surface area (Å²) in [6.45, 7) is 2.71. The topological polar surface area (TPSA) is 12.0 Å². The molecule has 0 saturated carbocycles. The number of rotatable bonds is 3. The molecule has 2 aromatic carbocycles. The molecule has 0 saturated heterocycles. The van der Waals surface area contributed by atoms with E-state index in [4.69, 9.17) is 0 Å². The molecule has 94 valence electrons. The zero-order valence-corrected chi connectivity index (χ0v) is 13.0. The highest BCUT2D eigenvalue weighted by Gasteiger charge is 2.03. The van der Waals surface area contributed by atoms with Gasteiger partial charge in [-0.05, 0) is 58.2 Å². The maximum absolute atomic E-state index is 13.1. The summed E-state index contributed by atoms with van der Waals surface area (Å²) in [4.78, 5) is 0. The molecule has 0 aliphatic rings. The molecule has 0 aliphatic heterocycles. The highest BCUT2D eigenvalue weighted by Crippen LogP contribution is 2.24. The van der Waals surface area contributed by atoms with Crippen LogP contribution in [0.15, 0.2) is 45.3 Å². The van der Waals surface area contributed by atoms with Crippen molar-refractivity contribution in [2.75, 3.05) is 5.32 Å². The van der Waals surface area contributed by atoms with Crippen LogP contribution in [0.25, 0.3) is 0 Å². The quantitative estimate of drug-likeness (QED) is 0.773. The van der Waals surface area contributed by atoms with Crippen LogP contribution in [0, 0.1) is 12.7 Å². The first kappa shape index (κ1) is 13.6. The van der Waals surface area contributed by atoms with Crippen molar-refractivity contribution in [2.45, 2.75) is 13.5 Å². The van der Waals surface area contributed by atoms with E-state index < -0.39 is 0 Å². The van der Waals surface area contributed by atoms with E-state index in [1.165, 1.54) is 11.6 Å². The van der Waals surface area contributed by atoms with Crippen LogP contribution in [-0.2, 0) is 6.54 Å². The van der Waals surface area contributed by atoms with Gasteiger partial charge < -0.3 is 5.32 Å². The van der Waals surface area contributed by atoms with E-state index in [2.05, 4.69) is 37.2 Å². The molecule has 0 bridgehead atoms. The Morgan fingerprint density at radius 1 is 1.11 bits per heavy atom. The smallest absolute Gasteiger partial charge is 0.137 e. The molecule has 1 N–H and O–H groups in total. The third-order valence-electron chi connectivity index (χ3n) is 2.73. The summed E-state index contributed by atoms with van der Waals surface area (Å²) in [7, 11) is 0. The summed E-state index contributed by atoms with van der Waals surface area (Å²) < 4.78 is 14.7. The summed E-state index contributed by atoms with van der Waals surface area (Å²) in [5.74, 6) is -0.239. The Bertz CT molecular complexity index is 570. The molecule has 0 fully saturated rings. The fourth-order valence-electron chi connectivity index (χ4n) is 1.65. The second-order valence-electron chi connectivity index (χ2n) is 4.01. The Morgan fingerprint density at radius 2 is 1.89 bits per heavy atom. The molecule has 0 aliphatic carbocycles. The van der Waals surface area contributed by atoms with E-state index in [1.54, 1.807) is 12.1 Å². The molecule has 0 atom stereocenters. The van der Waals surface area contributed by atoms with E-state index in [1.807, 2.05) is 25.1 Å². The van der Waals surface area contributed by atoms with Crippen molar-refractivity contribution < 1.29 is 4.39 Å². The largest absolute Gasteiger partial charge is 0.381 e. The highest BCUT2D eigenvalue weighted by molar-refractivity contribution is 9.10. The van der Waals surface area contributed by atoms with Gasteiger partial charge in [-0.1, -0.05) is 28.1 Å². The van der Waals surface area contributed by atoms with Crippen LogP contribution in [0.2, 0.25) is 0 Å². The van der Waals surface area contributed by atoms with Gasteiger partial charge in [-0.25, -0.2) is 4.39 Å². The molecule has 1 nitrogen and oxygen atoms in total. The molecule has 18 heavy (non-hydrogen) atoms. The van der Waals surface area contributed by atoms with Crippen molar-refractivity contribution in [2.24, 2.45) is 0 Å². The van der Waals surface area contributed by atoms with Crippen LogP contribution in [0.4, 0.5) is 10.1 Å². The first-order chi connectivity index (χ1) is 8.58. The summed E-state index contributed by atoms with van der Waals surface area (Å²) in [6, 6.07) is 11.1. The Morgan fingerprint density at radius 3 is 2.61 bits per heavy atom. The molecule has 0 unspecified atom stereocenters. The summed E-state index contributed by atoms with van der Waals surface area (Å²) in [5.41, 5.74) is 3.27. The number of hydrogen-bond acceptors (Lipinski definition) is 1. The van der Waals surface area contributed by atoms with Crippen molar-refractivity contribution in [3.8, 4) is 0 Å². The van der Waals surface area contributed by atoms with Gasteiger partial charge in [0.25, 0.3) is 0 Å². The van der Waals surface area contributed by atoms with Crippen LogP contribution in [0.5, 0.6) is 0 Å². The molecular formula is C14H12Br2FN. The van der Waals surface area contributed by atoms with Crippen molar-refractivity contribution in [3.05, 3.63) is 62.3 Å². The lowest BCUT2D eigenvalue weighted by molar-refractivity contribution is 0.620. The van der Waals surface area contributed by atoms with Gasteiger partial charge in [-0.2, -0.15) is 0 Å². The van der Waals surface area contributed by atoms with Gasteiger partial charge in [0, 0.05) is 16.7 Å². The average Bonchev–Trinajstić information content (AvgIpc) is 2.35. The van der Waals surface area contributed by atoms with E-state index in [-0.39, 0.29) is 5.82 Å². The van der Waals surface area contributed by atoms with E-state index in [9.17, 15) is 4.39 Å².